The molecule has 0 amide bonds. The van der Waals surface area contributed by atoms with Gasteiger partial charge in [-0.2, -0.15) is 0 Å². The van der Waals surface area contributed by atoms with E-state index in [9.17, 15) is 20.2 Å². The van der Waals surface area contributed by atoms with Crippen LogP contribution in [0.3, 0.4) is 0 Å². The van der Waals surface area contributed by atoms with Gasteiger partial charge in [0.2, 0.25) is 0 Å². The summed E-state index contributed by atoms with van der Waals surface area (Å²) in [4.78, 5) is 26.3. The quantitative estimate of drug-likeness (QED) is 0.253. The topological polar surface area (TPSA) is 102 Å². The number of hydrogen-bond acceptors (Lipinski definition) is 7. The molecule has 0 aromatic heterocycles. The van der Waals surface area contributed by atoms with E-state index in [-0.39, 0.29) is 23.8 Å². The van der Waals surface area contributed by atoms with Crippen LogP contribution in [-0.4, -0.2) is 58.9 Å². The van der Waals surface area contributed by atoms with Crippen molar-refractivity contribution in [1.82, 2.24) is 9.80 Å². The lowest BCUT2D eigenvalue weighted by molar-refractivity contribution is -0.385. The van der Waals surface area contributed by atoms with Gasteiger partial charge in [-0.1, -0.05) is 27.7 Å². The molecule has 9 nitrogen and oxygen atoms in total. The normalized spacial score (nSPS) is 10.9. The molecule has 2 aromatic carbocycles. The van der Waals surface area contributed by atoms with Gasteiger partial charge in [0, 0.05) is 48.5 Å². The third-order valence-corrected chi connectivity index (χ3v) is 5.91. The highest BCUT2D eigenvalue weighted by atomic mass is 35.5. The Morgan fingerprint density at radius 3 is 1.35 bits per heavy atom. The van der Waals surface area contributed by atoms with Crippen LogP contribution in [0.1, 0.15) is 38.8 Å². The summed E-state index contributed by atoms with van der Waals surface area (Å²) in [6.07, 6.45) is 1.20. The van der Waals surface area contributed by atoms with Crippen LogP contribution in [-0.2, 0) is 12.8 Å². The molecule has 0 spiro atoms. The Bertz CT molecular complexity index is 873. The van der Waals surface area contributed by atoms with Gasteiger partial charge in [0.05, 0.1) is 9.85 Å². The van der Waals surface area contributed by atoms with Crippen molar-refractivity contribution in [3.63, 3.8) is 0 Å². The first-order chi connectivity index (χ1) is 15.8. The fourth-order valence-corrected chi connectivity index (χ4v) is 3.70. The van der Waals surface area contributed by atoms with Crippen molar-refractivity contribution in [1.29, 1.82) is 0 Å². The first kappa shape index (κ1) is 29.3. The molecule has 0 bridgehead atoms. The number of hydrogen-bond donors (Lipinski definition) is 0. The van der Waals surface area contributed by atoms with Crippen LogP contribution < -0.4 is 4.74 Å². The zero-order chi connectivity index (χ0) is 24.4. The zero-order valence-corrected chi connectivity index (χ0v) is 21.2. The summed E-state index contributed by atoms with van der Waals surface area (Å²) in [7, 11) is 0. The summed E-state index contributed by atoms with van der Waals surface area (Å²) in [5, 5.41) is 22.6. The fourth-order valence-electron chi connectivity index (χ4n) is 3.70. The van der Waals surface area contributed by atoms with Crippen LogP contribution in [0.5, 0.6) is 11.5 Å². The van der Waals surface area contributed by atoms with E-state index in [0.717, 1.165) is 50.4 Å². The number of likely N-dealkylation sites (N-methyl/N-ethyl adjacent to an activating group) is 2. The summed E-state index contributed by atoms with van der Waals surface area (Å²) < 4.78 is 6.23. The van der Waals surface area contributed by atoms with Crippen molar-refractivity contribution < 1.29 is 14.6 Å². The maximum absolute atomic E-state index is 11.3. The maximum atomic E-state index is 11.3. The molecule has 0 fully saturated rings. The van der Waals surface area contributed by atoms with Crippen LogP contribution in [0, 0.1) is 20.2 Å². The first-order valence-corrected chi connectivity index (χ1v) is 11.5. The van der Waals surface area contributed by atoms with E-state index in [0.29, 0.717) is 24.3 Å². The number of benzene rings is 2. The Balaban J connectivity index is 0.00000578. The molecule has 0 N–H and O–H groups in total. The molecule has 0 aliphatic heterocycles. The van der Waals surface area contributed by atoms with Crippen molar-refractivity contribution in [3.8, 4) is 11.5 Å². The number of nitro groups is 2. The van der Waals surface area contributed by atoms with E-state index >= 15 is 0 Å². The van der Waals surface area contributed by atoms with E-state index in [1.54, 1.807) is 24.3 Å². The van der Waals surface area contributed by atoms with E-state index in [4.69, 9.17) is 4.74 Å². The van der Waals surface area contributed by atoms with Crippen molar-refractivity contribution in [3.05, 3.63) is 67.8 Å². The van der Waals surface area contributed by atoms with Gasteiger partial charge in [-0.05, 0) is 51.2 Å². The van der Waals surface area contributed by atoms with Crippen molar-refractivity contribution >= 4 is 23.8 Å². The molecule has 0 heterocycles. The minimum absolute atomic E-state index is 0. The third kappa shape index (κ3) is 8.23. The Labute approximate surface area is 207 Å². The monoisotopic (exact) mass is 494 g/mol. The smallest absolute Gasteiger partial charge is 0.269 e. The first-order valence-electron chi connectivity index (χ1n) is 11.5. The van der Waals surface area contributed by atoms with E-state index in [1.807, 2.05) is 0 Å². The van der Waals surface area contributed by atoms with Crippen LogP contribution in [0.4, 0.5) is 11.4 Å². The van der Waals surface area contributed by atoms with Crippen LogP contribution >= 0.6 is 12.4 Å². The average molecular weight is 495 g/mol. The Morgan fingerprint density at radius 1 is 0.706 bits per heavy atom. The molecular formula is C24H35ClN4O5. The summed E-state index contributed by atoms with van der Waals surface area (Å²) in [6, 6.07) is 9.20. The lowest BCUT2D eigenvalue weighted by atomic mass is 10.1. The van der Waals surface area contributed by atoms with Crippen molar-refractivity contribution in [2.24, 2.45) is 0 Å². The van der Waals surface area contributed by atoms with E-state index < -0.39 is 9.85 Å². The van der Waals surface area contributed by atoms with Crippen LogP contribution in [0.25, 0.3) is 0 Å². The zero-order valence-electron chi connectivity index (χ0n) is 20.4. The molecule has 0 radical (unpaired) electrons. The van der Waals surface area contributed by atoms with Crippen molar-refractivity contribution in [2.45, 2.75) is 40.5 Å². The molecule has 0 saturated heterocycles. The van der Waals surface area contributed by atoms with Gasteiger partial charge in [0.25, 0.3) is 11.4 Å². The Morgan fingerprint density at radius 2 is 1.06 bits per heavy atom. The van der Waals surface area contributed by atoms with Gasteiger partial charge in [0.15, 0.2) is 0 Å². The lowest BCUT2D eigenvalue weighted by Crippen LogP contribution is -2.25. The summed E-state index contributed by atoms with van der Waals surface area (Å²) in [5.74, 6) is 1.07. The highest BCUT2D eigenvalue weighted by Gasteiger charge is 2.17. The second-order valence-corrected chi connectivity index (χ2v) is 7.75. The van der Waals surface area contributed by atoms with Gasteiger partial charge in [-0.15, -0.1) is 12.4 Å². The number of nitrogens with zero attached hydrogens (tertiary/aromatic N) is 4. The minimum Gasteiger partial charge on any atom is -0.457 e. The second kappa shape index (κ2) is 14.5. The van der Waals surface area contributed by atoms with Gasteiger partial charge in [-0.25, -0.2) is 0 Å². The lowest BCUT2D eigenvalue weighted by Gasteiger charge is -2.20. The molecule has 0 saturated carbocycles. The van der Waals surface area contributed by atoms with E-state index in [2.05, 4.69) is 37.5 Å². The third-order valence-electron chi connectivity index (χ3n) is 5.91. The summed E-state index contributed by atoms with van der Waals surface area (Å²) in [6.45, 7) is 13.4. The van der Waals surface area contributed by atoms with E-state index in [1.165, 1.54) is 12.1 Å². The second-order valence-electron chi connectivity index (χ2n) is 7.75. The highest BCUT2D eigenvalue weighted by Crippen LogP contribution is 2.33. The summed E-state index contributed by atoms with van der Waals surface area (Å²) >= 11 is 0. The van der Waals surface area contributed by atoms with Crippen LogP contribution in [0.2, 0.25) is 0 Å². The molecular weight excluding hydrogens is 460 g/mol. The van der Waals surface area contributed by atoms with Gasteiger partial charge in [0.1, 0.15) is 11.5 Å². The molecule has 0 aliphatic rings. The fraction of sp³-hybridized carbons (Fsp3) is 0.500. The van der Waals surface area contributed by atoms with Gasteiger partial charge in [-0.3, -0.25) is 20.2 Å². The summed E-state index contributed by atoms with van der Waals surface area (Å²) in [5.41, 5.74) is 1.51. The number of non-ortho nitro benzene ring substituents is 2. The number of rotatable bonds is 14. The molecule has 34 heavy (non-hydrogen) atoms. The molecule has 10 heteroatoms. The standard InChI is InChI=1S/C24H34N4O5.ClH/c1-5-25(6-2)15-13-19-17-21(27(29)30)9-11-23(19)33-24-12-10-22(28(31)32)18-20(24)14-16-26(7-3)8-4;/h9-12,17-18H,5-8,13-16H2,1-4H3;1H. The Hall–Kier alpha value is -2.75. The molecule has 188 valence electrons. The molecule has 0 atom stereocenters. The predicted octanol–water partition coefficient (Wildman–Crippen LogP) is 5.49. The molecule has 2 aromatic rings. The number of halogens is 1. The van der Waals surface area contributed by atoms with Crippen molar-refractivity contribution in [2.75, 3.05) is 39.3 Å². The predicted molar refractivity (Wildman–Crippen MR) is 136 cm³/mol. The van der Waals surface area contributed by atoms with Crippen LogP contribution in [0.15, 0.2) is 36.4 Å². The maximum Gasteiger partial charge on any atom is 0.269 e. The Kier molecular flexibility index (Phi) is 12.5. The molecule has 0 unspecified atom stereocenters. The number of ether oxygens (including phenoxy) is 1. The average Bonchev–Trinajstić information content (AvgIpc) is 2.81. The largest absolute Gasteiger partial charge is 0.457 e. The number of nitro benzene ring substituents is 2. The van der Waals surface area contributed by atoms with Gasteiger partial charge >= 0.3 is 0 Å². The highest BCUT2D eigenvalue weighted by molar-refractivity contribution is 5.85. The minimum atomic E-state index is -0.411. The SMILES string of the molecule is CCN(CC)CCc1cc([N+](=O)[O-])ccc1Oc1ccc([N+](=O)[O-])cc1CCN(CC)CC.Cl. The molecule has 0 aliphatic carbocycles. The molecule has 2 rings (SSSR count). The van der Waals surface area contributed by atoms with Gasteiger partial charge < -0.3 is 14.5 Å².